The summed E-state index contributed by atoms with van der Waals surface area (Å²) in [6.07, 6.45) is 3.29. The van der Waals surface area contributed by atoms with Crippen LogP contribution in [0.2, 0.25) is 0 Å². The second kappa shape index (κ2) is 5.45. The Morgan fingerprint density at radius 3 is 3.00 bits per heavy atom. The summed E-state index contributed by atoms with van der Waals surface area (Å²) in [5.74, 6) is 0. The van der Waals surface area contributed by atoms with Crippen LogP contribution in [0.3, 0.4) is 0 Å². The monoisotopic (exact) mass is 290 g/mol. The van der Waals surface area contributed by atoms with Gasteiger partial charge < -0.3 is 5.32 Å². The first kappa shape index (κ1) is 12.2. The zero-order chi connectivity index (χ0) is 13.1. The second-order valence-corrected chi connectivity index (χ2v) is 5.80. The van der Waals surface area contributed by atoms with Crippen LogP contribution in [0.1, 0.15) is 6.92 Å². The van der Waals surface area contributed by atoms with Crippen LogP contribution in [0.4, 0.5) is 5.13 Å². The van der Waals surface area contributed by atoms with Gasteiger partial charge in [-0.3, -0.25) is 4.98 Å². The lowest BCUT2D eigenvalue weighted by molar-refractivity contribution is 0.998. The third-order valence-corrected chi connectivity index (χ3v) is 4.10. The Labute approximate surface area is 117 Å². The highest BCUT2D eigenvalue weighted by molar-refractivity contribution is 8.01. The zero-order valence-corrected chi connectivity index (χ0v) is 11.7. The van der Waals surface area contributed by atoms with Gasteiger partial charge in [-0.2, -0.15) is 0 Å². The van der Waals surface area contributed by atoms with Crippen molar-refractivity contribution in [3.63, 3.8) is 0 Å². The van der Waals surface area contributed by atoms with E-state index in [1.165, 1.54) is 23.1 Å². The predicted octanol–water partition coefficient (Wildman–Crippen LogP) is 2.46. The van der Waals surface area contributed by atoms with Crippen molar-refractivity contribution < 1.29 is 0 Å². The van der Waals surface area contributed by atoms with E-state index in [0.717, 1.165) is 26.6 Å². The molecule has 0 saturated heterocycles. The Balaban J connectivity index is 1.83. The first-order valence-electron chi connectivity index (χ1n) is 5.68. The number of nitrogens with zero attached hydrogens (tertiary/aromatic N) is 5. The summed E-state index contributed by atoms with van der Waals surface area (Å²) in [6, 6.07) is 3.82. The van der Waals surface area contributed by atoms with Gasteiger partial charge in [0.2, 0.25) is 5.13 Å². The van der Waals surface area contributed by atoms with E-state index < -0.39 is 0 Å². The van der Waals surface area contributed by atoms with Crippen LogP contribution < -0.4 is 5.32 Å². The Hall–Kier alpha value is -1.80. The van der Waals surface area contributed by atoms with Crippen molar-refractivity contribution in [3.05, 3.63) is 24.5 Å². The first-order valence-corrected chi connectivity index (χ1v) is 7.31. The van der Waals surface area contributed by atoms with E-state index in [0.29, 0.717) is 5.65 Å². The molecule has 3 heterocycles. The van der Waals surface area contributed by atoms with Crippen LogP contribution in [0.25, 0.3) is 11.2 Å². The molecule has 0 aliphatic rings. The normalized spacial score (nSPS) is 10.8. The summed E-state index contributed by atoms with van der Waals surface area (Å²) in [4.78, 5) is 12.8. The number of hydrogen-bond donors (Lipinski definition) is 1. The largest absolute Gasteiger partial charge is 0.360 e. The van der Waals surface area contributed by atoms with Gasteiger partial charge >= 0.3 is 0 Å². The summed E-state index contributed by atoms with van der Waals surface area (Å²) in [6.45, 7) is 2.86. The van der Waals surface area contributed by atoms with E-state index in [1.54, 1.807) is 12.4 Å². The molecule has 96 valence electrons. The van der Waals surface area contributed by atoms with Crippen molar-refractivity contribution >= 4 is 39.4 Å². The average molecular weight is 290 g/mol. The fourth-order valence-electron chi connectivity index (χ4n) is 1.46. The van der Waals surface area contributed by atoms with Crippen molar-refractivity contribution in [2.45, 2.75) is 16.3 Å². The maximum Gasteiger partial charge on any atom is 0.206 e. The quantitative estimate of drug-likeness (QED) is 0.790. The van der Waals surface area contributed by atoms with Gasteiger partial charge in [0.15, 0.2) is 9.99 Å². The molecule has 0 bridgehead atoms. The summed E-state index contributed by atoms with van der Waals surface area (Å²) < 4.78 is 0.853. The molecule has 0 aromatic carbocycles. The van der Waals surface area contributed by atoms with Gasteiger partial charge in [0, 0.05) is 18.9 Å². The van der Waals surface area contributed by atoms with Crippen LogP contribution in [0, 0.1) is 0 Å². The van der Waals surface area contributed by atoms with Gasteiger partial charge in [0.1, 0.15) is 10.5 Å². The highest BCUT2D eigenvalue weighted by Crippen LogP contribution is 2.31. The maximum atomic E-state index is 4.43. The van der Waals surface area contributed by atoms with E-state index in [2.05, 4.69) is 30.5 Å². The van der Waals surface area contributed by atoms with Crippen LogP contribution in [0.5, 0.6) is 0 Å². The summed E-state index contributed by atoms with van der Waals surface area (Å²) in [7, 11) is 0. The number of rotatable bonds is 4. The first-order chi connectivity index (χ1) is 9.35. The van der Waals surface area contributed by atoms with Crippen molar-refractivity contribution in [1.82, 2.24) is 25.1 Å². The van der Waals surface area contributed by atoms with Crippen LogP contribution in [0.15, 0.2) is 33.9 Å². The summed E-state index contributed by atoms with van der Waals surface area (Å²) >= 11 is 2.99. The van der Waals surface area contributed by atoms with E-state index >= 15 is 0 Å². The van der Waals surface area contributed by atoms with E-state index in [9.17, 15) is 0 Å². The molecule has 19 heavy (non-hydrogen) atoms. The Morgan fingerprint density at radius 2 is 2.11 bits per heavy atom. The molecule has 3 aromatic heterocycles. The summed E-state index contributed by atoms with van der Waals surface area (Å²) in [5, 5.41) is 12.9. The standard InChI is InChI=1S/C11H10N6S2/c1-2-12-10-16-17-11(19-10)18-8-4-3-7-9(15-8)14-6-5-13-7/h3-6H,2H2,1H3,(H,12,16). The molecular formula is C11H10N6S2. The highest BCUT2D eigenvalue weighted by Gasteiger charge is 2.07. The van der Waals surface area contributed by atoms with Crippen molar-refractivity contribution in [2.75, 3.05) is 11.9 Å². The lowest BCUT2D eigenvalue weighted by Crippen LogP contribution is -1.94. The molecule has 8 heteroatoms. The Kier molecular flexibility index (Phi) is 3.51. The van der Waals surface area contributed by atoms with E-state index in [-0.39, 0.29) is 0 Å². The lowest BCUT2D eigenvalue weighted by Gasteiger charge is -1.98. The van der Waals surface area contributed by atoms with Gasteiger partial charge in [0.25, 0.3) is 0 Å². The van der Waals surface area contributed by atoms with Crippen molar-refractivity contribution in [1.29, 1.82) is 0 Å². The van der Waals surface area contributed by atoms with E-state index in [1.807, 2.05) is 19.1 Å². The minimum Gasteiger partial charge on any atom is -0.360 e. The van der Waals surface area contributed by atoms with Gasteiger partial charge in [-0.15, -0.1) is 10.2 Å². The van der Waals surface area contributed by atoms with Gasteiger partial charge in [-0.25, -0.2) is 9.97 Å². The molecule has 0 unspecified atom stereocenters. The minimum atomic E-state index is 0.643. The topological polar surface area (TPSA) is 76.5 Å². The molecule has 0 amide bonds. The predicted molar refractivity (Wildman–Crippen MR) is 75.5 cm³/mol. The molecule has 0 radical (unpaired) electrons. The fraction of sp³-hybridized carbons (Fsp3) is 0.182. The minimum absolute atomic E-state index is 0.643. The molecule has 0 saturated carbocycles. The molecular weight excluding hydrogens is 280 g/mol. The Morgan fingerprint density at radius 1 is 1.21 bits per heavy atom. The van der Waals surface area contributed by atoms with Crippen LogP contribution in [-0.2, 0) is 0 Å². The summed E-state index contributed by atoms with van der Waals surface area (Å²) in [5.41, 5.74) is 1.43. The van der Waals surface area contributed by atoms with Crippen molar-refractivity contribution in [3.8, 4) is 0 Å². The number of hydrogen-bond acceptors (Lipinski definition) is 8. The van der Waals surface area contributed by atoms with Crippen LogP contribution in [-0.4, -0.2) is 31.7 Å². The SMILES string of the molecule is CCNc1nnc(Sc2ccc3nccnc3n2)s1. The number of aromatic nitrogens is 5. The number of nitrogens with one attached hydrogen (secondary N) is 1. The number of fused-ring (bicyclic) bond motifs is 1. The zero-order valence-electron chi connectivity index (χ0n) is 10.1. The van der Waals surface area contributed by atoms with E-state index in [4.69, 9.17) is 0 Å². The molecule has 0 fully saturated rings. The van der Waals surface area contributed by atoms with Gasteiger partial charge in [-0.1, -0.05) is 11.3 Å². The smallest absolute Gasteiger partial charge is 0.206 e. The number of pyridine rings is 1. The molecule has 0 atom stereocenters. The highest BCUT2D eigenvalue weighted by atomic mass is 32.2. The fourth-order valence-corrected chi connectivity index (χ4v) is 3.19. The maximum absolute atomic E-state index is 4.43. The van der Waals surface area contributed by atoms with Gasteiger partial charge in [0.05, 0.1) is 0 Å². The lowest BCUT2D eigenvalue weighted by atomic mass is 10.4. The second-order valence-electron chi connectivity index (χ2n) is 3.55. The Bertz CT molecular complexity index is 698. The molecule has 3 aromatic rings. The third kappa shape index (κ3) is 2.79. The molecule has 1 N–H and O–H groups in total. The molecule has 0 spiro atoms. The van der Waals surface area contributed by atoms with Crippen LogP contribution >= 0.6 is 23.1 Å². The molecule has 6 nitrogen and oxygen atoms in total. The van der Waals surface area contributed by atoms with Crippen molar-refractivity contribution in [2.24, 2.45) is 0 Å². The molecule has 0 aliphatic carbocycles. The number of anilines is 1. The van der Waals surface area contributed by atoms with Gasteiger partial charge in [-0.05, 0) is 30.8 Å². The third-order valence-electron chi connectivity index (χ3n) is 2.23. The molecule has 3 rings (SSSR count). The average Bonchev–Trinajstić information content (AvgIpc) is 2.86. The molecule has 0 aliphatic heterocycles.